The van der Waals surface area contributed by atoms with Crippen molar-refractivity contribution in [1.29, 1.82) is 0 Å². The van der Waals surface area contributed by atoms with Gasteiger partial charge in [0.1, 0.15) is 11.4 Å². The van der Waals surface area contributed by atoms with E-state index in [-0.39, 0.29) is 22.4 Å². The Balaban J connectivity index is 1.98. The predicted octanol–water partition coefficient (Wildman–Crippen LogP) is 4.15. The number of carbonyl (C=O) groups is 1. The van der Waals surface area contributed by atoms with E-state index in [1.807, 2.05) is 0 Å². The van der Waals surface area contributed by atoms with Crippen molar-refractivity contribution in [2.45, 2.75) is 46.1 Å². The van der Waals surface area contributed by atoms with Gasteiger partial charge in [0.2, 0.25) is 0 Å². The molecule has 3 atom stereocenters. The zero-order valence-corrected chi connectivity index (χ0v) is 12.7. The lowest BCUT2D eigenvalue weighted by atomic mass is 9.68. The van der Waals surface area contributed by atoms with Crippen molar-refractivity contribution in [3.05, 3.63) is 29.6 Å². The number of hydrogen-bond donors (Lipinski definition) is 2. The normalized spacial score (nSPS) is 33.1. The monoisotopic (exact) mass is 291 g/mol. The van der Waals surface area contributed by atoms with Gasteiger partial charge in [-0.15, -0.1) is 0 Å². The lowest BCUT2D eigenvalue weighted by molar-refractivity contribution is 0.0692. The first-order chi connectivity index (χ1) is 9.75. The highest BCUT2D eigenvalue weighted by Gasteiger charge is 2.59. The number of carboxylic acids is 1. The third kappa shape index (κ3) is 2.03. The minimum Gasteiger partial charge on any atom is -0.478 e. The van der Waals surface area contributed by atoms with Crippen LogP contribution in [-0.4, -0.2) is 17.1 Å². The van der Waals surface area contributed by atoms with Gasteiger partial charge in [-0.1, -0.05) is 26.8 Å². The van der Waals surface area contributed by atoms with E-state index in [0.717, 1.165) is 12.8 Å². The van der Waals surface area contributed by atoms with Crippen LogP contribution in [0, 0.1) is 22.6 Å². The molecule has 0 radical (unpaired) electrons. The quantitative estimate of drug-likeness (QED) is 0.879. The third-order valence-corrected chi connectivity index (χ3v) is 5.80. The molecule has 2 aliphatic carbocycles. The standard InChI is InChI=1S/C17H22FNO2/c1-16(2)10-7-8-17(3,9-10)15(16)19-12-6-4-5-11(18)13(12)14(20)21/h4-6,10,15,19H,7-9H2,1-3H3,(H,20,21). The van der Waals surface area contributed by atoms with Gasteiger partial charge in [0, 0.05) is 6.04 Å². The van der Waals surface area contributed by atoms with Gasteiger partial charge in [-0.2, -0.15) is 0 Å². The van der Waals surface area contributed by atoms with Gasteiger partial charge in [0.15, 0.2) is 0 Å². The molecule has 4 heteroatoms. The zero-order valence-electron chi connectivity index (χ0n) is 12.7. The summed E-state index contributed by atoms with van der Waals surface area (Å²) in [6.45, 7) is 6.73. The number of aromatic carboxylic acids is 1. The first-order valence-electron chi connectivity index (χ1n) is 7.54. The van der Waals surface area contributed by atoms with Gasteiger partial charge in [0.25, 0.3) is 0 Å². The molecule has 2 aliphatic rings. The molecule has 0 amide bonds. The smallest absolute Gasteiger partial charge is 0.340 e. The molecule has 2 bridgehead atoms. The predicted molar refractivity (Wildman–Crippen MR) is 80.0 cm³/mol. The van der Waals surface area contributed by atoms with Gasteiger partial charge >= 0.3 is 5.97 Å². The highest BCUT2D eigenvalue weighted by molar-refractivity contribution is 5.94. The lowest BCUT2D eigenvalue weighted by Crippen LogP contribution is -2.46. The Hall–Kier alpha value is -1.58. The second kappa shape index (κ2) is 4.46. The van der Waals surface area contributed by atoms with Crippen LogP contribution in [0.4, 0.5) is 10.1 Å². The van der Waals surface area contributed by atoms with Crippen LogP contribution in [0.5, 0.6) is 0 Å². The molecule has 1 aromatic carbocycles. The second-order valence-corrected chi connectivity index (χ2v) is 7.46. The van der Waals surface area contributed by atoms with E-state index in [1.165, 1.54) is 12.5 Å². The van der Waals surface area contributed by atoms with Crippen LogP contribution >= 0.6 is 0 Å². The number of hydrogen-bond acceptors (Lipinski definition) is 2. The van der Waals surface area contributed by atoms with Crippen LogP contribution in [0.15, 0.2) is 18.2 Å². The molecule has 3 unspecified atom stereocenters. The Kier molecular flexibility index (Phi) is 3.05. The van der Waals surface area contributed by atoms with Crippen LogP contribution in [0.1, 0.15) is 50.4 Å². The highest BCUT2D eigenvalue weighted by Crippen LogP contribution is 2.63. The summed E-state index contributed by atoms with van der Waals surface area (Å²) in [4.78, 5) is 11.3. The van der Waals surface area contributed by atoms with E-state index in [4.69, 9.17) is 0 Å². The van der Waals surface area contributed by atoms with Gasteiger partial charge < -0.3 is 10.4 Å². The van der Waals surface area contributed by atoms with Gasteiger partial charge in [-0.25, -0.2) is 9.18 Å². The fourth-order valence-corrected chi connectivity index (χ4v) is 4.68. The van der Waals surface area contributed by atoms with E-state index < -0.39 is 11.8 Å². The van der Waals surface area contributed by atoms with Crippen molar-refractivity contribution in [2.75, 3.05) is 5.32 Å². The summed E-state index contributed by atoms with van der Waals surface area (Å²) in [7, 11) is 0. The summed E-state index contributed by atoms with van der Waals surface area (Å²) in [5.74, 6) is -1.25. The van der Waals surface area contributed by atoms with Crippen LogP contribution in [0.3, 0.4) is 0 Å². The highest BCUT2D eigenvalue weighted by atomic mass is 19.1. The van der Waals surface area contributed by atoms with E-state index in [1.54, 1.807) is 12.1 Å². The summed E-state index contributed by atoms with van der Waals surface area (Å²) in [6.07, 6.45) is 3.54. The summed E-state index contributed by atoms with van der Waals surface area (Å²) >= 11 is 0. The average Bonchev–Trinajstić information content (AvgIpc) is 2.85. The van der Waals surface area contributed by atoms with Crippen LogP contribution in [0.2, 0.25) is 0 Å². The lowest BCUT2D eigenvalue weighted by Gasteiger charge is -2.43. The van der Waals surface area contributed by atoms with Gasteiger partial charge in [-0.3, -0.25) is 0 Å². The number of benzene rings is 1. The third-order valence-electron chi connectivity index (χ3n) is 5.80. The van der Waals surface area contributed by atoms with Crippen molar-refractivity contribution in [3.8, 4) is 0 Å². The van der Waals surface area contributed by atoms with Crippen molar-refractivity contribution >= 4 is 11.7 Å². The number of anilines is 1. The number of carboxylic acid groups (broad SMARTS) is 1. The first-order valence-corrected chi connectivity index (χ1v) is 7.54. The summed E-state index contributed by atoms with van der Waals surface area (Å²) < 4.78 is 13.8. The summed E-state index contributed by atoms with van der Waals surface area (Å²) in [5.41, 5.74) is 0.403. The molecule has 0 spiro atoms. The number of halogens is 1. The van der Waals surface area contributed by atoms with E-state index >= 15 is 0 Å². The molecule has 3 rings (SSSR count). The fourth-order valence-electron chi connectivity index (χ4n) is 4.68. The van der Waals surface area contributed by atoms with Crippen LogP contribution in [0.25, 0.3) is 0 Å². The van der Waals surface area contributed by atoms with Gasteiger partial charge in [-0.05, 0) is 48.1 Å². The molecule has 0 saturated heterocycles. The van der Waals surface area contributed by atoms with Crippen molar-refractivity contribution < 1.29 is 14.3 Å². The minimum atomic E-state index is -1.22. The molecular formula is C17H22FNO2. The molecular weight excluding hydrogens is 269 g/mol. The molecule has 114 valence electrons. The molecule has 2 fully saturated rings. The maximum atomic E-state index is 13.8. The molecule has 2 saturated carbocycles. The maximum absolute atomic E-state index is 13.8. The van der Waals surface area contributed by atoms with Crippen molar-refractivity contribution in [1.82, 2.24) is 0 Å². The first kappa shape index (κ1) is 14.4. The Bertz CT molecular complexity index is 594. The Morgan fingerprint density at radius 2 is 2.10 bits per heavy atom. The molecule has 1 aromatic rings. The van der Waals surface area contributed by atoms with E-state index in [9.17, 15) is 14.3 Å². The van der Waals surface area contributed by atoms with Crippen LogP contribution in [-0.2, 0) is 0 Å². The zero-order chi connectivity index (χ0) is 15.4. The summed E-state index contributed by atoms with van der Waals surface area (Å²) in [5, 5.41) is 12.6. The molecule has 0 heterocycles. The molecule has 0 aliphatic heterocycles. The average molecular weight is 291 g/mol. The largest absolute Gasteiger partial charge is 0.478 e. The van der Waals surface area contributed by atoms with E-state index in [2.05, 4.69) is 26.1 Å². The summed E-state index contributed by atoms with van der Waals surface area (Å²) in [6, 6.07) is 4.59. The second-order valence-electron chi connectivity index (χ2n) is 7.46. The van der Waals surface area contributed by atoms with Crippen molar-refractivity contribution in [2.24, 2.45) is 16.7 Å². The van der Waals surface area contributed by atoms with Gasteiger partial charge in [0.05, 0.1) is 5.69 Å². The SMILES string of the molecule is CC12CCC(C1)C(C)(C)C2Nc1cccc(F)c1C(=O)O. The molecule has 2 N–H and O–H groups in total. The van der Waals surface area contributed by atoms with E-state index in [0.29, 0.717) is 11.6 Å². The molecule has 3 nitrogen and oxygen atoms in total. The minimum absolute atomic E-state index is 0.0924. The molecule has 21 heavy (non-hydrogen) atoms. The Labute approximate surface area is 124 Å². The number of nitrogens with one attached hydrogen (secondary N) is 1. The number of fused-ring (bicyclic) bond motifs is 2. The number of rotatable bonds is 3. The van der Waals surface area contributed by atoms with Crippen molar-refractivity contribution in [3.63, 3.8) is 0 Å². The maximum Gasteiger partial charge on any atom is 0.340 e. The van der Waals surface area contributed by atoms with Crippen LogP contribution < -0.4 is 5.32 Å². The Morgan fingerprint density at radius 3 is 2.67 bits per heavy atom. The fraction of sp³-hybridized carbons (Fsp3) is 0.588. The molecule has 0 aromatic heterocycles. The topological polar surface area (TPSA) is 49.3 Å². The Morgan fingerprint density at radius 1 is 1.38 bits per heavy atom.